The maximum atomic E-state index is 4.54. The smallest absolute Gasteiger partial charge is 0.139 e. The van der Waals surface area contributed by atoms with Crippen LogP contribution in [-0.2, 0) is 5.41 Å². The summed E-state index contributed by atoms with van der Waals surface area (Å²) < 4.78 is 2.33. The number of piperidine rings is 1. The summed E-state index contributed by atoms with van der Waals surface area (Å²) >= 11 is 0. The molecule has 1 aromatic heterocycles. The lowest BCUT2D eigenvalue weighted by Gasteiger charge is -2.37. The van der Waals surface area contributed by atoms with Crippen LogP contribution in [0.5, 0.6) is 0 Å². The summed E-state index contributed by atoms with van der Waals surface area (Å²) in [5.41, 5.74) is 0.242. The minimum Gasteiger partial charge on any atom is -0.317 e. The first-order valence-corrected chi connectivity index (χ1v) is 7.23. The lowest BCUT2D eigenvalue weighted by Crippen LogP contribution is -2.42. The highest BCUT2D eigenvalue weighted by molar-refractivity contribution is 5.13. The molecular formula is C14H26N4. The van der Waals surface area contributed by atoms with Gasteiger partial charge in [-0.1, -0.05) is 13.3 Å². The van der Waals surface area contributed by atoms with E-state index in [-0.39, 0.29) is 5.41 Å². The highest BCUT2D eigenvalue weighted by Crippen LogP contribution is 2.38. The first-order chi connectivity index (χ1) is 8.60. The quantitative estimate of drug-likeness (QED) is 0.893. The van der Waals surface area contributed by atoms with Gasteiger partial charge in [-0.25, -0.2) is 0 Å². The van der Waals surface area contributed by atoms with E-state index in [1.807, 2.05) is 0 Å². The fourth-order valence-corrected chi connectivity index (χ4v) is 3.32. The topological polar surface area (TPSA) is 42.7 Å². The zero-order valence-corrected chi connectivity index (χ0v) is 12.2. The van der Waals surface area contributed by atoms with Gasteiger partial charge in [-0.3, -0.25) is 0 Å². The van der Waals surface area contributed by atoms with Crippen molar-refractivity contribution in [2.45, 2.75) is 64.8 Å². The van der Waals surface area contributed by atoms with Crippen molar-refractivity contribution in [1.82, 2.24) is 20.1 Å². The van der Waals surface area contributed by atoms with E-state index < -0.39 is 0 Å². The van der Waals surface area contributed by atoms with Crippen LogP contribution in [0, 0.1) is 6.92 Å². The van der Waals surface area contributed by atoms with E-state index in [1.165, 1.54) is 31.5 Å². The SMILES string of the molecule is CCCC1(c2nnc(C)n2C(C)C)CCNCC1. The normalized spacial score (nSPS) is 19.4. The molecule has 0 saturated carbocycles. The van der Waals surface area contributed by atoms with Crippen molar-refractivity contribution in [3.05, 3.63) is 11.6 Å². The summed E-state index contributed by atoms with van der Waals surface area (Å²) in [5, 5.41) is 12.3. The standard InChI is InChI=1S/C14H26N4/c1-5-6-14(7-9-15-10-8-14)13-17-16-12(4)18(13)11(2)3/h11,15H,5-10H2,1-4H3. The summed E-state index contributed by atoms with van der Waals surface area (Å²) in [6, 6.07) is 0.443. The van der Waals surface area contributed by atoms with Crippen LogP contribution in [0.2, 0.25) is 0 Å². The third-order valence-electron chi connectivity index (χ3n) is 4.15. The Hall–Kier alpha value is -0.900. The molecule has 0 aromatic carbocycles. The molecule has 0 amide bonds. The van der Waals surface area contributed by atoms with Gasteiger partial charge >= 0.3 is 0 Å². The Kier molecular flexibility index (Phi) is 4.05. The van der Waals surface area contributed by atoms with Crippen LogP contribution in [0.3, 0.4) is 0 Å². The van der Waals surface area contributed by atoms with Gasteiger partial charge in [0.1, 0.15) is 11.6 Å². The van der Waals surface area contributed by atoms with Crippen molar-refractivity contribution in [3.63, 3.8) is 0 Å². The fraction of sp³-hybridized carbons (Fsp3) is 0.857. The number of hydrogen-bond donors (Lipinski definition) is 1. The van der Waals surface area contributed by atoms with Gasteiger partial charge in [-0.05, 0) is 53.1 Å². The summed E-state index contributed by atoms with van der Waals surface area (Å²) in [5.74, 6) is 2.27. The lowest BCUT2D eigenvalue weighted by molar-refractivity contribution is 0.257. The lowest BCUT2D eigenvalue weighted by atomic mass is 9.74. The Labute approximate surface area is 110 Å². The zero-order chi connectivity index (χ0) is 13.2. The van der Waals surface area contributed by atoms with Gasteiger partial charge in [0.2, 0.25) is 0 Å². The van der Waals surface area contributed by atoms with Crippen LogP contribution < -0.4 is 5.32 Å². The van der Waals surface area contributed by atoms with Crippen molar-refractivity contribution >= 4 is 0 Å². The maximum absolute atomic E-state index is 4.54. The Balaban J connectivity index is 2.42. The number of nitrogens with zero attached hydrogens (tertiary/aromatic N) is 3. The van der Waals surface area contributed by atoms with Crippen LogP contribution in [0.15, 0.2) is 0 Å². The molecule has 1 fully saturated rings. The predicted molar refractivity (Wildman–Crippen MR) is 73.8 cm³/mol. The molecule has 1 saturated heterocycles. The average Bonchev–Trinajstić information content (AvgIpc) is 2.73. The van der Waals surface area contributed by atoms with E-state index in [2.05, 4.69) is 47.8 Å². The molecule has 0 atom stereocenters. The number of nitrogens with one attached hydrogen (secondary N) is 1. The van der Waals surface area contributed by atoms with Gasteiger partial charge < -0.3 is 9.88 Å². The van der Waals surface area contributed by atoms with E-state index in [0.717, 1.165) is 18.9 Å². The molecule has 1 aromatic rings. The van der Waals surface area contributed by atoms with Crippen LogP contribution in [-0.4, -0.2) is 27.9 Å². The number of rotatable bonds is 4. The van der Waals surface area contributed by atoms with Crippen molar-refractivity contribution < 1.29 is 0 Å². The monoisotopic (exact) mass is 250 g/mol. The predicted octanol–water partition coefficient (Wildman–Crippen LogP) is 2.59. The van der Waals surface area contributed by atoms with Gasteiger partial charge in [0, 0.05) is 11.5 Å². The van der Waals surface area contributed by atoms with Crippen LogP contribution in [0.4, 0.5) is 0 Å². The largest absolute Gasteiger partial charge is 0.317 e. The molecule has 0 radical (unpaired) electrons. The summed E-state index contributed by atoms with van der Waals surface area (Å²) in [6.45, 7) is 11.0. The van der Waals surface area contributed by atoms with Gasteiger partial charge in [0.05, 0.1) is 0 Å². The Morgan fingerprint density at radius 3 is 2.50 bits per heavy atom. The van der Waals surface area contributed by atoms with E-state index in [9.17, 15) is 0 Å². The molecule has 0 spiro atoms. The first kappa shape index (κ1) is 13.5. The van der Waals surface area contributed by atoms with Crippen LogP contribution in [0.1, 0.15) is 64.1 Å². The minimum absolute atomic E-state index is 0.242. The number of aromatic nitrogens is 3. The van der Waals surface area contributed by atoms with Crippen molar-refractivity contribution in [1.29, 1.82) is 0 Å². The zero-order valence-electron chi connectivity index (χ0n) is 12.2. The number of hydrogen-bond acceptors (Lipinski definition) is 3. The Morgan fingerprint density at radius 1 is 1.28 bits per heavy atom. The van der Waals surface area contributed by atoms with E-state index in [0.29, 0.717) is 6.04 Å². The molecule has 1 N–H and O–H groups in total. The highest BCUT2D eigenvalue weighted by Gasteiger charge is 2.38. The molecule has 0 unspecified atom stereocenters. The summed E-state index contributed by atoms with van der Waals surface area (Å²) in [4.78, 5) is 0. The molecule has 0 bridgehead atoms. The molecule has 0 aliphatic carbocycles. The third kappa shape index (κ3) is 2.30. The van der Waals surface area contributed by atoms with Crippen LogP contribution >= 0.6 is 0 Å². The second kappa shape index (κ2) is 5.39. The molecule has 102 valence electrons. The molecule has 2 heterocycles. The second-order valence-corrected chi connectivity index (χ2v) is 5.81. The van der Waals surface area contributed by atoms with Gasteiger partial charge in [0.25, 0.3) is 0 Å². The van der Waals surface area contributed by atoms with E-state index >= 15 is 0 Å². The molecule has 18 heavy (non-hydrogen) atoms. The molecule has 1 aliphatic heterocycles. The molecule has 4 nitrogen and oxygen atoms in total. The van der Waals surface area contributed by atoms with Gasteiger partial charge in [-0.2, -0.15) is 0 Å². The first-order valence-electron chi connectivity index (χ1n) is 7.23. The maximum Gasteiger partial charge on any atom is 0.139 e. The fourth-order valence-electron chi connectivity index (χ4n) is 3.32. The Morgan fingerprint density at radius 2 is 1.94 bits per heavy atom. The number of aryl methyl sites for hydroxylation is 1. The Bertz CT molecular complexity index is 383. The highest BCUT2D eigenvalue weighted by atomic mass is 15.3. The van der Waals surface area contributed by atoms with E-state index in [4.69, 9.17) is 0 Å². The van der Waals surface area contributed by atoms with Crippen molar-refractivity contribution in [2.75, 3.05) is 13.1 Å². The second-order valence-electron chi connectivity index (χ2n) is 5.81. The molecule has 1 aliphatic rings. The van der Waals surface area contributed by atoms with Crippen molar-refractivity contribution in [2.24, 2.45) is 0 Å². The minimum atomic E-state index is 0.242. The molecular weight excluding hydrogens is 224 g/mol. The average molecular weight is 250 g/mol. The van der Waals surface area contributed by atoms with Crippen molar-refractivity contribution in [3.8, 4) is 0 Å². The van der Waals surface area contributed by atoms with E-state index in [1.54, 1.807) is 0 Å². The summed E-state index contributed by atoms with van der Waals surface area (Å²) in [6.07, 6.45) is 4.81. The third-order valence-corrected chi connectivity index (χ3v) is 4.15. The molecule has 4 heteroatoms. The summed E-state index contributed by atoms with van der Waals surface area (Å²) in [7, 11) is 0. The van der Waals surface area contributed by atoms with Gasteiger partial charge in [-0.15, -0.1) is 10.2 Å². The molecule has 2 rings (SSSR count). The van der Waals surface area contributed by atoms with Gasteiger partial charge in [0.15, 0.2) is 0 Å². The van der Waals surface area contributed by atoms with Crippen LogP contribution in [0.25, 0.3) is 0 Å².